The Bertz CT molecular complexity index is 784. The lowest BCUT2D eigenvalue weighted by molar-refractivity contribution is -0.122. The van der Waals surface area contributed by atoms with Gasteiger partial charge in [-0.15, -0.1) is 0 Å². The van der Waals surface area contributed by atoms with Crippen LogP contribution in [0.25, 0.3) is 0 Å². The van der Waals surface area contributed by atoms with Crippen LogP contribution in [0.4, 0.5) is 0 Å². The maximum Gasteiger partial charge on any atom is 0.224 e. The standard InChI is InChI=1S/C23H21NO/c25-23(24-16-17-10-4-1-5-11-17)22-20(18-12-6-2-7-13-18)21(22)19-14-8-3-9-15-19/h1-15,20-22H,16H2,(H,24,25)/t20-,21+,22?. The summed E-state index contributed by atoms with van der Waals surface area (Å²) in [6.45, 7) is 0.583. The highest BCUT2D eigenvalue weighted by molar-refractivity contribution is 5.85. The number of carbonyl (C=O) groups is 1. The van der Waals surface area contributed by atoms with Gasteiger partial charge in [-0.2, -0.15) is 0 Å². The summed E-state index contributed by atoms with van der Waals surface area (Å²) >= 11 is 0. The summed E-state index contributed by atoms with van der Waals surface area (Å²) in [5, 5.41) is 3.12. The van der Waals surface area contributed by atoms with Gasteiger partial charge in [0.1, 0.15) is 0 Å². The molecule has 124 valence electrons. The average Bonchev–Trinajstić information content (AvgIpc) is 3.44. The number of hydrogen-bond donors (Lipinski definition) is 1. The minimum atomic E-state index is 0.00788. The fourth-order valence-electron chi connectivity index (χ4n) is 3.72. The van der Waals surface area contributed by atoms with Crippen molar-refractivity contribution in [2.45, 2.75) is 18.4 Å². The van der Waals surface area contributed by atoms with Crippen molar-refractivity contribution in [2.24, 2.45) is 5.92 Å². The summed E-state index contributed by atoms with van der Waals surface area (Å²) in [4.78, 5) is 12.8. The predicted octanol–water partition coefficient (Wildman–Crippen LogP) is 4.50. The number of hydrogen-bond acceptors (Lipinski definition) is 1. The molecule has 2 heteroatoms. The van der Waals surface area contributed by atoms with E-state index in [1.807, 2.05) is 42.5 Å². The van der Waals surface area contributed by atoms with Crippen LogP contribution in [-0.2, 0) is 11.3 Å². The van der Waals surface area contributed by atoms with Crippen LogP contribution >= 0.6 is 0 Å². The van der Waals surface area contributed by atoms with Crippen molar-refractivity contribution >= 4 is 5.91 Å². The van der Waals surface area contributed by atoms with Crippen molar-refractivity contribution in [1.29, 1.82) is 0 Å². The summed E-state index contributed by atoms with van der Waals surface area (Å²) < 4.78 is 0. The van der Waals surface area contributed by atoms with E-state index >= 15 is 0 Å². The van der Waals surface area contributed by atoms with Gasteiger partial charge in [0.25, 0.3) is 0 Å². The first kappa shape index (κ1) is 15.6. The van der Waals surface area contributed by atoms with Crippen LogP contribution in [0, 0.1) is 5.92 Å². The summed E-state index contributed by atoms with van der Waals surface area (Å²) in [5.74, 6) is 0.679. The molecule has 1 N–H and O–H groups in total. The summed E-state index contributed by atoms with van der Waals surface area (Å²) in [5.41, 5.74) is 3.62. The fraction of sp³-hybridized carbons (Fsp3) is 0.174. The van der Waals surface area contributed by atoms with Crippen LogP contribution in [0.3, 0.4) is 0 Å². The Kier molecular flexibility index (Phi) is 4.34. The Morgan fingerprint density at radius 3 is 1.60 bits per heavy atom. The van der Waals surface area contributed by atoms with Crippen LogP contribution in [0.5, 0.6) is 0 Å². The minimum Gasteiger partial charge on any atom is -0.352 e. The molecule has 1 amide bonds. The SMILES string of the molecule is O=C(NCc1ccccc1)C1[C@@H](c2ccccc2)[C@H]1c1ccccc1. The van der Waals surface area contributed by atoms with Gasteiger partial charge >= 0.3 is 0 Å². The van der Waals surface area contributed by atoms with E-state index in [1.165, 1.54) is 11.1 Å². The van der Waals surface area contributed by atoms with Gasteiger partial charge in [0.05, 0.1) is 5.92 Å². The Balaban J connectivity index is 1.52. The molecule has 0 heterocycles. The van der Waals surface area contributed by atoms with Crippen molar-refractivity contribution < 1.29 is 4.79 Å². The molecule has 0 aliphatic heterocycles. The normalized spacial score (nSPS) is 21.5. The predicted molar refractivity (Wildman–Crippen MR) is 100 cm³/mol. The van der Waals surface area contributed by atoms with Gasteiger partial charge in [-0.05, 0) is 16.7 Å². The van der Waals surface area contributed by atoms with Crippen molar-refractivity contribution in [2.75, 3.05) is 0 Å². The quantitative estimate of drug-likeness (QED) is 0.734. The van der Waals surface area contributed by atoms with Crippen LogP contribution in [0.1, 0.15) is 28.5 Å². The topological polar surface area (TPSA) is 29.1 Å². The Morgan fingerprint density at radius 2 is 1.12 bits per heavy atom. The highest BCUT2D eigenvalue weighted by Gasteiger charge is 2.55. The third kappa shape index (κ3) is 3.34. The first-order valence-electron chi connectivity index (χ1n) is 8.76. The number of rotatable bonds is 5. The Labute approximate surface area is 148 Å². The molecule has 3 aromatic carbocycles. The molecule has 1 aliphatic carbocycles. The van der Waals surface area contributed by atoms with Gasteiger partial charge < -0.3 is 5.32 Å². The number of nitrogens with one attached hydrogen (secondary N) is 1. The zero-order valence-electron chi connectivity index (χ0n) is 14.0. The molecule has 1 saturated carbocycles. The molecular formula is C23H21NO. The number of carbonyl (C=O) groups excluding carboxylic acids is 1. The highest BCUT2D eigenvalue weighted by Crippen LogP contribution is 2.60. The lowest BCUT2D eigenvalue weighted by atomic mass is 10.0. The monoisotopic (exact) mass is 327 g/mol. The molecule has 0 aromatic heterocycles. The van der Waals surface area contributed by atoms with Crippen molar-refractivity contribution in [3.63, 3.8) is 0 Å². The molecule has 1 aliphatic rings. The second kappa shape index (κ2) is 6.94. The van der Waals surface area contributed by atoms with Gasteiger partial charge in [0, 0.05) is 18.4 Å². The Hall–Kier alpha value is -2.87. The van der Waals surface area contributed by atoms with Crippen LogP contribution in [0.2, 0.25) is 0 Å². The molecule has 0 radical (unpaired) electrons. The Morgan fingerprint density at radius 1 is 0.680 bits per heavy atom. The van der Waals surface area contributed by atoms with Crippen molar-refractivity contribution in [3.8, 4) is 0 Å². The van der Waals surface area contributed by atoms with Crippen LogP contribution in [-0.4, -0.2) is 5.91 Å². The molecular weight excluding hydrogens is 306 g/mol. The third-order valence-electron chi connectivity index (χ3n) is 5.00. The van der Waals surface area contributed by atoms with Gasteiger partial charge in [-0.3, -0.25) is 4.79 Å². The molecule has 1 fully saturated rings. The average molecular weight is 327 g/mol. The molecule has 0 saturated heterocycles. The first-order chi connectivity index (χ1) is 12.3. The summed E-state index contributed by atoms with van der Waals surface area (Å²) in [6.07, 6.45) is 0. The summed E-state index contributed by atoms with van der Waals surface area (Å²) in [7, 11) is 0. The lowest BCUT2D eigenvalue weighted by Crippen LogP contribution is -2.25. The molecule has 1 unspecified atom stereocenters. The van der Waals surface area contributed by atoms with E-state index in [9.17, 15) is 4.79 Å². The molecule has 2 nitrogen and oxygen atoms in total. The van der Waals surface area contributed by atoms with E-state index < -0.39 is 0 Å². The van der Waals surface area contributed by atoms with Gasteiger partial charge in [-0.1, -0.05) is 91.0 Å². The van der Waals surface area contributed by atoms with E-state index in [2.05, 4.69) is 53.8 Å². The molecule has 0 spiro atoms. The number of amides is 1. The smallest absolute Gasteiger partial charge is 0.224 e. The van der Waals surface area contributed by atoms with Crippen LogP contribution < -0.4 is 5.32 Å². The second-order valence-electron chi connectivity index (χ2n) is 6.60. The van der Waals surface area contributed by atoms with E-state index in [4.69, 9.17) is 0 Å². The van der Waals surface area contributed by atoms with E-state index in [-0.39, 0.29) is 23.7 Å². The van der Waals surface area contributed by atoms with Gasteiger partial charge in [0.15, 0.2) is 0 Å². The van der Waals surface area contributed by atoms with Gasteiger partial charge in [-0.25, -0.2) is 0 Å². The van der Waals surface area contributed by atoms with E-state index in [1.54, 1.807) is 0 Å². The summed E-state index contributed by atoms with van der Waals surface area (Å²) in [6, 6.07) is 30.8. The molecule has 4 rings (SSSR count). The zero-order chi connectivity index (χ0) is 17.1. The van der Waals surface area contributed by atoms with Crippen molar-refractivity contribution in [3.05, 3.63) is 108 Å². The van der Waals surface area contributed by atoms with Crippen molar-refractivity contribution in [1.82, 2.24) is 5.32 Å². The third-order valence-corrected chi connectivity index (χ3v) is 5.00. The van der Waals surface area contributed by atoms with Crippen LogP contribution in [0.15, 0.2) is 91.0 Å². The lowest BCUT2D eigenvalue weighted by Gasteiger charge is -2.05. The first-order valence-corrected chi connectivity index (χ1v) is 8.76. The van der Waals surface area contributed by atoms with E-state index in [0.717, 1.165) is 5.56 Å². The van der Waals surface area contributed by atoms with E-state index in [0.29, 0.717) is 6.54 Å². The molecule has 25 heavy (non-hydrogen) atoms. The second-order valence-corrected chi connectivity index (χ2v) is 6.60. The number of benzene rings is 3. The molecule has 0 bridgehead atoms. The minimum absolute atomic E-state index is 0.00788. The maximum absolute atomic E-state index is 12.8. The zero-order valence-corrected chi connectivity index (χ0v) is 14.0. The molecule has 3 aromatic rings. The maximum atomic E-state index is 12.8. The largest absolute Gasteiger partial charge is 0.352 e. The van der Waals surface area contributed by atoms with Gasteiger partial charge in [0.2, 0.25) is 5.91 Å². The molecule has 3 atom stereocenters. The fourth-order valence-corrected chi connectivity index (χ4v) is 3.72. The highest BCUT2D eigenvalue weighted by atomic mass is 16.2.